The normalized spacial score (nSPS) is 19.1. The van der Waals surface area contributed by atoms with Gasteiger partial charge in [0, 0.05) is 44.0 Å². The zero-order valence-corrected chi connectivity index (χ0v) is 20.3. The first-order valence-corrected chi connectivity index (χ1v) is 12.5. The first kappa shape index (κ1) is 27.4. The van der Waals surface area contributed by atoms with Crippen LogP contribution in [0.1, 0.15) is 30.1 Å². The number of hydrogen-bond acceptors (Lipinski definition) is 6. The molecular formula is C23H26F3N3O6S. The van der Waals surface area contributed by atoms with E-state index in [9.17, 15) is 26.4 Å². The lowest BCUT2D eigenvalue weighted by Gasteiger charge is -2.44. The van der Waals surface area contributed by atoms with Crippen molar-refractivity contribution in [2.75, 3.05) is 32.8 Å². The molecule has 0 unspecified atom stereocenters. The van der Waals surface area contributed by atoms with Crippen molar-refractivity contribution in [2.45, 2.75) is 30.8 Å². The molecule has 0 bridgehead atoms. The fourth-order valence-corrected chi connectivity index (χ4v) is 5.79. The maximum Gasteiger partial charge on any atom is 0.490 e. The predicted molar refractivity (Wildman–Crippen MR) is 122 cm³/mol. The molecule has 0 aliphatic carbocycles. The molecule has 1 fully saturated rings. The Morgan fingerprint density at radius 3 is 2.33 bits per heavy atom. The van der Waals surface area contributed by atoms with Crippen molar-refractivity contribution in [2.24, 2.45) is 5.41 Å². The van der Waals surface area contributed by atoms with Gasteiger partial charge in [-0.15, -0.1) is 0 Å². The third-order valence-electron chi connectivity index (χ3n) is 6.13. The summed E-state index contributed by atoms with van der Waals surface area (Å²) in [7, 11) is -3.62. The van der Waals surface area contributed by atoms with E-state index in [1.165, 1.54) is 0 Å². The number of benzene rings is 1. The number of carbonyl (C=O) groups excluding carboxylic acids is 1. The van der Waals surface area contributed by atoms with E-state index in [1.807, 2.05) is 11.8 Å². The summed E-state index contributed by atoms with van der Waals surface area (Å²) < 4.78 is 65.6. The highest BCUT2D eigenvalue weighted by molar-refractivity contribution is 7.89. The fourth-order valence-electron chi connectivity index (χ4n) is 4.10. The molecule has 2 aliphatic rings. The van der Waals surface area contributed by atoms with Crippen molar-refractivity contribution in [3.05, 3.63) is 54.4 Å². The summed E-state index contributed by atoms with van der Waals surface area (Å²) in [6, 6.07) is 10.3. The van der Waals surface area contributed by atoms with Crippen LogP contribution in [0.4, 0.5) is 13.2 Å². The highest BCUT2D eigenvalue weighted by atomic mass is 32.2. The summed E-state index contributed by atoms with van der Waals surface area (Å²) in [4.78, 5) is 27.7. The van der Waals surface area contributed by atoms with E-state index in [0.29, 0.717) is 56.9 Å². The van der Waals surface area contributed by atoms with Gasteiger partial charge in [-0.3, -0.25) is 9.78 Å². The molecule has 9 nitrogen and oxygen atoms in total. The summed E-state index contributed by atoms with van der Waals surface area (Å²) in [6.07, 6.45) is -0.486. The second-order valence-corrected chi connectivity index (χ2v) is 10.4. The lowest BCUT2D eigenvalue weighted by molar-refractivity contribution is -0.192. The van der Waals surface area contributed by atoms with E-state index >= 15 is 0 Å². The Balaban J connectivity index is 0.000000454. The number of piperidine rings is 1. The number of pyridine rings is 1. The van der Waals surface area contributed by atoms with Crippen LogP contribution >= 0.6 is 0 Å². The van der Waals surface area contributed by atoms with Crippen LogP contribution < -0.4 is 4.74 Å². The Bertz CT molecular complexity index is 1180. The van der Waals surface area contributed by atoms with E-state index in [2.05, 4.69) is 4.98 Å². The van der Waals surface area contributed by atoms with Gasteiger partial charge in [0.2, 0.25) is 10.0 Å². The largest absolute Gasteiger partial charge is 0.492 e. The average Bonchev–Trinajstić information content (AvgIpc) is 2.86. The van der Waals surface area contributed by atoms with Gasteiger partial charge in [-0.2, -0.15) is 17.5 Å². The van der Waals surface area contributed by atoms with Crippen molar-refractivity contribution < 1.29 is 41.0 Å². The molecule has 0 atom stereocenters. The standard InChI is InChI=1S/C21H25N3O4S.C2HF3O2/c1-2-24-15-21(16-28-18-7-3-4-8-19(18)29(24,26)27)9-12-23(13-10-21)20(25)17-6-5-11-22-14-17;3-2(4,5)1(6)7/h3-8,11,14H,2,9-10,12-13,15-16H2,1H3;(H,6,7). The van der Waals surface area contributed by atoms with Gasteiger partial charge in [0.15, 0.2) is 0 Å². The summed E-state index contributed by atoms with van der Waals surface area (Å²) in [6.45, 7) is 4.22. The zero-order valence-electron chi connectivity index (χ0n) is 19.4. The number of likely N-dealkylation sites (tertiary alicyclic amines) is 1. The molecule has 0 radical (unpaired) electrons. The lowest BCUT2D eigenvalue weighted by atomic mass is 9.78. The van der Waals surface area contributed by atoms with Crippen molar-refractivity contribution in [3.63, 3.8) is 0 Å². The van der Waals surface area contributed by atoms with E-state index < -0.39 is 22.2 Å². The number of aliphatic carboxylic acids is 1. The molecule has 36 heavy (non-hydrogen) atoms. The summed E-state index contributed by atoms with van der Waals surface area (Å²) in [5.41, 5.74) is 0.256. The zero-order chi connectivity index (χ0) is 26.6. The van der Waals surface area contributed by atoms with Gasteiger partial charge in [-0.1, -0.05) is 19.1 Å². The summed E-state index contributed by atoms with van der Waals surface area (Å²) in [5.74, 6) is -2.39. The Morgan fingerprint density at radius 2 is 1.78 bits per heavy atom. The van der Waals surface area contributed by atoms with E-state index in [0.717, 1.165) is 0 Å². The first-order valence-electron chi connectivity index (χ1n) is 11.1. The molecular weight excluding hydrogens is 503 g/mol. The molecule has 2 aromatic rings. The van der Waals surface area contributed by atoms with Crippen molar-refractivity contribution in [3.8, 4) is 5.75 Å². The number of halogens is 3. The van der Waals surface area contributed by atoms with Crippen LogP contribution in [0.2, 0.25) is 0 Å². The lowest BCUT2D eigenvalue weighted by Crippen LogP contribution is -2.52. The predicted octanol–water partition coefficient (Wildman–Crippen LogP) is 3.04. The number of nitrogens with zero attached hydrogens (tertiary/aromatic N) is 3. The number of alkyl halides is 3. The number of fused-ring (bicyclic) bond motifs is 1. The Labute approximate surface area is 206 Å². The number of carboxylic acids is 1. The maximum atomic E-state index is 13.2. The van der Waals surface area contributed by atoms with E-state index in [-0.39, 0.29) is 16.2 Å². The van der Waals surface area contributed by atoms with Crippen LogP contribution in [0.5, 0.6) is 5.75 Å². The number of ether oxygens (including phenoxy) is 1. The van der Waals surface area contributed by atoms with E-state index in [1.54, 1.807) is 53.1 Å². The van der Waals surface area contributed by atoms with Crippen LogP contribution in [0.15, 0.2) is 53.7 Å². The van der Waals surface area contributed by atoms with E-state index in [4.69, 9.17) is 14.6 Å². The first-order chi connectivity index (χ1) is 16.9. The molecule has 4 rings (SSSR count). The second-order valence-electron chi connectivity index (χ2n) is 8.50. The molecule has 1 amide bonds. The number of sulfonamides is 1. The molecule has 2 aliphatic heterocycles. The molecule has 1 saturated heterocycles. The third-order valence-corrected chi connectivity index (χ3v) is 8.09. The number of hydrogen-bond donors (Lipinski definition) is 1. The van der Waals surface area contributed by atoms with Crippen molar-refractivity contribution in [1.82, 2.24) is 14.2 Å². The Kier molecular flexibility index (Phi) is 8.24. The number of rotatable bonds is 2. The smallest absolute Gasteiger partial charge is 0.490 e. The third kappa shape index (κ3) is 6.13. The highest BCUT2D eigenvalue weighted by Crippen LogP contribution is 2.39. The number of carbonyl (C=O) groups is 2. The molecule has 196 valence electrons. The monoisotopic (exact) mass is 529 g/mol. The fraction of sp³-hybridized carbons (Fsp3) is 0.435. The molecule has 3 heterocycles. The Hall–Kier alpha value is -3.19. The van der Waals surface area contributed by atoms with Gasteiger partial charge in [-0.05, 0) is 37.1 Å². The molecule has 1 aromatic carbocycles. The van der Waals surface area contributed by atoms with Crippen LogP contribution in [0, 0.1) is 5.41 Å². The van der Waals surface area contributed by atoms with Gasteiger partial charge in [0.25, 0.3) is 5.91 Å². The van der Waals surface area contributed by atoms with Crippen molar-refractivity contribution in [1.29, 1.82) is 0 Å². The molecule has 1 N–H and O–H groups in total. The number of amides is 1. The molecule has 1 aromatic heterocycles. The van der Waals surface area contributed by atoms with Crippen LogP contribution in [-0.2, 0) is 14.8 Å². The van der Waals surface area contributed by atoms with Crippen LogP contribution in [0.3, 0.4) is 0 Å². The van der Waals surface area contributed by atoms with Gasteiger partial charge in [0.05, 0.1) is 12.2 Å². The highest BCUT2D eigenvalue weighted by Gasteiger charge is 2.43. The van der Waals surface area contributed by atoms with Crippen LogP contribution in [-0.4, -0.2) is 78.6 Å². The topological polar surface area (TPSA) is 117 Å². The van der Waals surface area contributed by atoms with Gasteiger partial charge in [0.1, 0.15) is 10.6 Å². The number of carboxylic acid groups (broad SMARTS) is 1. The minimum Gasteiger partial charge on any atom is -0.492 e. The quantitative estimate of drug-likeness (QED) is 0.636. The van der Waals surface area contributed by atoms with Crippen LogP contribution in [0.25, 0.3) is 0 Å². The summed E-state index contributed by atoms with van der Waals surface area (Å²) in [5, 5.41) is 7.12. The van der Waals surface area contributed by atoms with Gasteiger partial charge in [-0.25, -0.2) is 13.2 Å². The molecule has 0 saturated carbocycles. The molecule has 1 spiro atoms. The number of para-hydroxylation sites is 1. The minimum atomic E-state index is -5.08. The SMILES string of the molecule is CCN1CC2(CCN(C(=O)c3cccnc3)CC2)COc2ccccc2S1(=O)=O.O=C(O)C(F)(F)F. The summed E-state index contributed by atoms with van der Waals surface area (Å²) >= 11 is 0. The average molecular weight is 530 g/mol. The second kappa shape index (κ2) is 10.8. The minimum absolute atomic E-state index is 0.0370. The van der Waals surface area contributed by atoms with Gasteiger partial charge >= 0.3 is 12.1 Å². The van der Waals surface area contributed by atoms with Crippen molar-refractivity contribution >= 4 is 21.9 Å². The van der Waals surface area contributed by atoms with Gasteiger partial charge < -0.3 is 14.7 Å². The maximum absolute atomic E-state index is 13.2. The molecule has 13 heteroatoms. The number of aromatic nitrogens is 1. The Morgan fingerprint density at radius 1 is 1.14 bits per heavy atom.